The second-order valence-electron chi connectivity index (χ2n) is 5.88. The van der Waals surface area contributed by atoms with Crippen LogP contribution in [-0.2, 0) is 11.2 Å². The highest BCUT2D eigenvalue weighted by Gasteiger charge is 2.09. The zero-order valence-corrected chi connectivity index (χ0v) is 13.6. The topological polar surface area (TPSA) is 57.8 Å². The van der Waals surface area contributed by atoms with E-state index in [2.05, 4.69) is 15.3 Å². The minimum absolute atomic E-state index is 0.0790. The van der Waals surface area contributed by atoms with Gasteiger partial charge < -0.3 is 10.3 Å². The SMILES string of the molecule is O=C(Cc1c[nH]c2ccccc12)Nc1ccc(-c2ccccc2)cn1. The molecule has 0 radical (unpaired) electrons. The summed E-state index contributed by atoms with van der Waals surface area (Å²) >= 11 is 0. The van der Waals surface area contributed by atoms with Gasteiger partial charge in [-0.15, -0.1) is 0 Å². The molecule has 4 rings (SSSR count). The fourth-order valence-corrected chi connectivity index (χ4v) is 2.91. The van der Waals surface area contributed by atoms with Crippen LogP contribution in [0, 0.1) is 0 Å². The Morgan fingerprint density at radius 1 is 0.920 bits per heavy atom. The second kappa shape index (κ2) is 6.61. The highest BCUT2D eigenvalue weighted by atomic mass is 16.1. The lowest BCUT2D eigenvalue weighted by molar-refractivity contribution is -0.115. The molecule has 2 aromatic carbocycles. The molecule has 0 aliphatic heterocycles. The molecule has 0 saturated carbocycles. The Morgan fingerprint density at radius 3 is 2.52 bits per heavy atom. The highest BCUT2D eigenvalue weighted by molar-refractivity contribution is 5.95. The zero-order chi connectivity index (χ0) is 17.1. The Labute approximate surface area is 145 Å². The molecule has 0 saturated heterocycles. The minimum atomic E-state index is -0.0790. The number of fused-ring (bicyclic) bond motifs is 1. The van der Waals surface area contributed by atoms with Crippen molar-refractivity contribution in [3.63, 3.8) is 0 Å². The van der Waals surface area contributed by atoms with E-state index in [-0.39, 0.29) is 5.91 Å². The smallest absolute Gasteiger partial charge is 0.230 e. The van der Waals surface area contributed by atoms with Crippen molar-refractivity contribution >= 4 is 22.6 Å². The van der Waals surface area contributed by atoms with E-state index in [9.17, 15) is 4.79 Å². The van der Waals surface area contributed by atoms with Gasteiger partial charge in [0.15, 0.2) is 0 Å². The minimum Gasteiger partial charge on any atom is -0.361 e. The fraction of sp³-hybridized carbons (Fsp3) is 0.0476. The molecule has 4 aromatic rings. The van der Waals surface area contributed by atoms with Crippen molar-refractivity contribution < 1.29 is 4.79 Å². The van der Waals surface area contributed by atoms with Gasteiger partial charge in [0.25, 0.3) is 0 Å². The van der Waals surface area contributed by atoms with Gasteiger partial charge in [-0.05, 0) is 29.3 Å². The Morgan fingerprint density at radius 2 is 1.72 bits per heavy atom. The summed E-state index contributed by atoms with van der Waals surface area (Å²) in [5, 5.41) is 3.93. The van der Waals surface area contributed by atoms with Crippen LogP contribution < -0.4 is 5.32 Å². The zero-order valence-electron chi connectivity index (χ0n) is 13.6. The van der Waals surface area contributed by atoms with Gasteiger partial charge in [0.05, 0.1) is 6.42 Å². The molecule has 0 bridgehead atoms. The lowest BCUT2D eigenvalue weighted by Crippen LogP contribution is -2.15. The number of pyridine rings is 1. The van der Waals surface area contributed by atoms with Crippen molar-refractivity contribution in [2.24, 2.45) is 0 Å². The van der Waals surface area contributed by atoms with Crippen LogP contribution in [0.5, 0.6) is 0 Å². The molecule has 2 aromatic heterocycles. The van der Waals surface area contributed by atoms with Crippen LogP contribution in [0.4, 0.5) is 5.82 Å². The molecule has 25 heavy (non-hydrogen) atoms. The third kappa shape index (κ3) is 3.28. The number of nitrogens with zero attached hydrogens (tertiary/aromatic N) is 1. The molecule has 0 atom stereocenters. The molecule has 2 heterocycles. The average Bonchev–Trinajstić information content (AvgIpc) is 3.06. The summed E-state index contributed by atoms with van der Waals surface area (Å²) in [7, 11) is 0. The van der Waals surface area contributed by atoms with Crippen LogP contribution in [-0.4, -0.2) is 15.9 Å². The average molecular weight is 327 g/mol. The van der Waals surface area contributed by atoms with Gasteiger partial charge >= 0.3 is 0 Å². The fourth-order valence-electron chi connectivity index (χ4n) is 2.91. The molecular weight excluding hydrogens is 310 g/mol. The van der Waals surface area contributed by atoms with Crippen LogP contribution in [0.2, 0.25) is 0 Å². The number of nitrogens with one attached hydrogen (secondary N) is 2. The summed E-state index contributed by atoms with van der Waals surface area (Å²) in [6.07, 6.45) is 3.97. The van der Waals surface area contributed by atoms with E-state index in [0.29, 0.717) is 12.2 Å². The van der Waals surface area contributed by atoms with Gasteiger partial charge in [0, 0.05) is 28.9 Å². The normalized spacial score (nSPS) is 10.7. The third-order valence-electron chi connectivity index (χ3n) is 4.16. The summed E-state index contributed by atoms with van der Waals surface area (Å²) in [5.41, 5.74) is 4.14. The summed E-state index contributed by atoms with van der Waals surface area (Å²) in [6.45, 7) is 0. The van der Waals surface area contributed by atoms with Crippen LogP contribution in [0.1, 0.15) is 5.56 Å². The van der Waals surface area contributed by atoms with E-state index in [4.69, 9.17) is 0 Å². The number of benzene rings is 2. The van der Waals surface area contributed by atoms with Crippen LogP contribution in [0.3, 0.4) is 0 Å². The molecule has 4 heteroatoms. The number of hydrogen-bond acceptors (Lipinski definition) is 2. The first kappa shape index (κ1) is 15.1. The van der Waals surface area contributed by atoms with E-state index in [1.54, 1.807) is 6.20 Å². The van der Waals surface area contributed by atoms with Crippen molar-refractivity contribution in [1.82, 2.24) is 9.97 Å². The molecule has 0 unspecified atom stereocenters. The van der Waals surface area contributed by atoms with Crippen LogP contribution in [0.15, 0.2) is 79.1 Å². The molecule has 0 spiro atoms. The Balaban J connectivity index is 1.46. The first-order valence-electron chi connectivity index (χ1n) is 8.16. The first-order valence-corrected chi connectivity index (χ1v) is 8.16. The van der Waals surface area contributed by atoms with E-state index in [0.717, 1.165) is 27.6 Å². The van der Waals surface area contributed by atoms with Gasteiger partial charge in [0.1, 0.15) is 5.82 Å². The molecule has 1 amide bonds. The number of H-pyrrole nitrogens is 1. The number of rotatable bonds is 4. The summed E-state index contributed by atoms with van der Waals surface area (Å²) in [4.78, 5) is 19.8. The van der Waals surface area contributed by atoms with Crippen molar-refractivity contribution in [2.75, 3.05) is 5.32 Å². The number of carbonyl (C=O) groups is 1. The van der Waals surface area contributed by atoms with E-state index >= 15 is 0 Å². The van der Waals surface area contributed by atoms with Crippen LogP contribution in [0.25, 0.3) is 22.0 Å². The molecule has 0 aliphatic carbocycles. The molecule has 4 nitrogen and oxygen atoms in total. The predicted molar refractivity (Wildman–Crippen MR) is 100 cm³/mol. The predicted octanol–water partition coefficient (Wildman–Crippen LogP) is 4.41. The largest absolute Gasteiger partial charge is 0.361 e. The number of carbonyl (C=O) groups excluding carboxylic acids is 1. The van der Waals surface area contributed by atoms with E-state index in [1.807, 2.05) is 72.9 Å². The maximum Gasteiger partial charge on any atom is 0.230 e. The quantitative estimate of drug-likeness (QED) is 0.583. The monoisotopic (exact) mass is 327 g/mol. The maximum absolute atomic E-state index is 12.3. The van der Waals surface area contributed by atoms with E-state index < -0.39 is 0 Å². The maximum atomic E-state index is 12.3. The van der Waals surface area contributed by atoms with Crippen molar-refractivity contribution in [3.05, 3.63) is 84.7 Å². The number of amides is 1. The van der Waals surface area contributed by atoms with Crippen molar-refractivity contribution in [2.45, 2.75) is 6.42 Å². The van der Waals surface area contributed by atoms with Crippen LogP contribution >= 0.6 is 0 Å². The number of anilines is 1. The molecule has 2 N–H and O–H groups in total. The van der Waals surface area contributed by atoms with E-state index in [1.165, 1.54) is 0 Å². The van der Waals surface area contributed by atoms with Gasteiger partial charge in [-0.2, -0.15) is 0 Å². The molecule has 0 fully saturated rings. The number of hydrogen-bond donors (Lipinski definition) is 2. The van der Waals surface area contributed by atoms with Gasteiger partial charge in [-0.1, -0.05) is 48.5 Å². The lowest BCUT2D eigenvalue weighted by atomic mass is 10.1. The number of aromatic amines is 1. The Kier molecular flexibility index (Phi) is 4.01. The summed E-state index contributed by atoms with van der Waals surface area (Å²) in [5.74, 6) is 0.481. The third-order valence-corrected chi connectivity index (χ3v) is 4.16. The van der Waals surface area contributed by atoms with Gasteiger partial charge in [0.2, 0.25) is 5.91 Å². The summed E-state index contributed by atoms with van der Waals surface area (Å²) < 4.78 is 0. The first-order chi connectivity index (χ1) is 12.3. The van der Waals surface area contributed by atoms with Crippen molar-refractivity contribution in [1.29, 1.82) is 0 Å². The number of aromatic nitrogens is 2. The molecule has 122 valence electrons. The highest BCUT2D eigenvalue weighted by Crippen LogP contribution is 2.20. The van der Waals surface area contributed by atoms with Gasteiger partial charge in [-0.3, -0.25) is 4.79 Å². The lowest BCUT2D eigenvalue weighted by Gasteiger charge is -2.06. The Bertz CT molecular complexity index is 1000. The van der Waals surface area contributed by atoms with Gasteiger partial charge in [-0.25, -0.2) is 4.98 Å². The van der Waals surface area contributed by atoms with Crippen molar-refractivity contribution in [3.8, 4) is 11.1 Å². The Hall–Kier alpha value is -3.40. The molecule has 0 aliphatic rings. The number of para-hydroxylation sites is 1. The summed E-state index contributed by atoms with van der Waals surface area (Å²) in [6, 6.07) is 21.8. The molecular formula is C21H17N3O. The second-order valence-corrected chi connectivity index (χ2v) is 5.88. The standard InChI is InChI=1S/C21H17N3O/c25-21(12-17-14-22-19-9-5-4-8-18(17)19)24-20-11-10-16(13-23-20)15-6-2-1-3-7-15/h1-11,13-14,22H,12H2,(H,23,24,25).